The Labute approximate surface area is 142 Å². The van der Waals surface area contributed by atoms with E-state index in [0.29, 0.717) is 30.1 Å². The summed E-state index contributed by atoms with van der Waals surface area (Å²) in [6.45, 7) is 4.83. The van der Waals surface area contributed by atoms with E-state index in [4.69, 9.17) is 4.74 Å². The van der Waals surface area contributed by atoms with Crippen molar-refractivity contribution in [2.75, 3.05) is 11.9 Å². The third-order valence-electron chi connectivity index (χ3n) is 3.76. The first-order chi connectivity index (χ1) is 11.7. The van der Waals surface area contributed by atoms with Gasteiger partial charge >= 0.3 is 0 Å². The fourth-order valence-corrected chi connectivity index (χ4v) is 2.31. The smallest absolute Gasteiger partial charge is 0.256 e. The summed E-state index contributed by atoms with van der Waals surface area (Å²) in [5.74, 6) is 0.904. The number of rotatable bonds is 10. The Hall–Kier alpha value is -2.37. The number of unbranched alkanes of at least 4 members (excludes halogenated alkanes) is 4. The zero-order chi connectivity index (χ0) is 17.2. The molecule has 6 heteroatoms. The number of carbonyl (C=O) groups is 1. The molecular weight excluding hydrogens is 306 g/mol. The van der Waals surface area contributed by atoms with Crippen molar-refractivity contribution < 1.29 is 14.2 Å². The molecular formula is C18H25N3O3. The van der Waals surface area contributed by atoms with E-state index in [2.05, 4.69) is 27.2 Å². The molecule has 0 atom stereocenters. The molecule has 0 aliphatic heterocycles. The van der Waals surface area contributed by atoms with Gasteiger partial charge < -0.3 is 10.1 Å². The zero-order valence-electron chi connectivity index (χ0n) is 14.4. The van der Waals surface area contributed by atoms with Crippen LogP contribution in [0.4, 0.5) is 5.82 Å². The van der Waals surface area contributed by atoms with Crippen molar-refractivity contribution in [2.24, 2.45) is 0 Å². The highest BCUT2D eigenvalue weighted by molar-refractivity contribution is 6.04. The fraction of sp³-hybridized carbons (Fsp3) is 0.500. The van der Waals surface area contributed by atoms with Crippen molar-refractivity contribution in [2.45, 2.75) is 52.4 Å². The van der Waals surface area contributed by atoms with Crippen molar-refractivity contribution in [3.8, 4) is 5.75 Å². The van der Waals surface area contributed by atoms with Gasteiger partial charge in [0.05, 0.1) is 6.61 Å². The average Bonchev–Trinajstić information content (AvgIpc) is 3.05. The molecule has 2 aromatic rings. The summed E-state index contributed by atoms with van der Waals surface area (Å²) < 4.78 is 10.3. The monoisotopic (exact) mass is 331 g/mol. The minimum atomic E-state index is -0.244. The van der Waals surface area contributed by atoms with Crippen molar-refractivity contribution in [1.82, 2.24) is 10.3 Å². The maximum absolute atomic E-state index is 12.2. The third-order valence-corrected chi connectivity index (χ3v) is 3.76. The molecule has 1 aromatic heterocycles. The number of hydrogen-bond acceptors (Lipinski definition) is 5. The van der Waals surface area contributed by atoms with E-state index in [-0.39, 0.29) is 5.91 Å². The molecule has 6 nitrogen and oxygen atoms in total. The lowest BCUT2D eigenvalue weighted by Crippen LogP contribution is -2.13. The molecule has 24 heavy (non-hydrogen) atoms. The van der Waals surface area contributed by atoms with Gasteiger partial charge in [0.2, 0.25) is 5.82 Å². The Kier molecular flexibility index (Phi) is 7.26. The summed E-state index contributed by atoms with van der Waals surface area (Å²) in [4.78, 5) is 12.2. The maximum Gasteiger partial charge on any atom is 0.256 e. The second-order valence-electron chi connectivity index (χ2n) is 5.65. The highest BCUT2D eigenvalue weighted by Gasteiger charge is 2.13. The van der Waals surface area contributed by atoms with Gasteiger partial charge in [-0.3, -0.25) is 4.79 Å². The molecule has 130 valence electrons. The van der Waals surface area contributed by atoms with E-state index in [9.17, 15) is 4.79 Å². The van der Waals surface area contributed by atoms with Crippen LogP contribution in [0.25, 0.3) is 0 Å². The van der Waals surface area contributed by atoms with Crippen LogP contribution in [-0.4, -0.2) is 22.8 Å². The van der Waals surface area contributed by atoms with E-state index in [0.717, 1.165) is 12.2 Å². The molecule has 0 saturated heterocycles. The fourth-order valence-electron chi connectivity index (χ4n) is 2.31. The SMILES string of the molecule is CCCCCCCOc1ccc(C(=O)Nc2nonc2CC)cc1. The molecule has 0 radical (unpaired) electrons. The molecule has 1 heterocycles. The van der Waals surface area contributed by atoms with Crippen LogP contribution in [-0.2, 0) is 6.42 Å². The van der Waals surface area contributed by atoms with Crippen LogP contribution in [0.3, 0.4) is 0 Å². The first-order valence-electron chi connectivity index (χ1n) is 8.60. The molecule has 0 bridgehead atoms. The van der Waals surface area contributed by atoms with E-state index < -0.39 is 0 Å². The van der Waals surface area contributed by atoms with Crippen molar-refractivity contribution in [3.05, 3.63) is 35.5 Å². The van der Waals surface area contributed by atoms with Crippen LogP contribution in [0.5, 0.6) is 5.75 Å². The van der Waals surface area contributed by atoms with Gasteiger partial charge in [-0.15, -0.1) is 0 Å². The van der Waals surface area contributed by atoms with Crippen molar-refractivity contribution in [1.29, 1.82) is 0 Å². The number of nitrogens with zero attached hydrogens (tertiary/aromatic N) is 2. The topological polar surface area (TPSA) is 77.2 Å². The third kappa shape index (κ3) is 5.37. The van der Waals surface area contributed by atoms with Gasteiger partial charge in [0, 0.05) is 5.56 Å². The Morgan fingerprint density at radius 1 is 1.08 bits per heavy atom. The summed E-state index contributed by atoms with van der Waals surface area (Å²) in [5, 5.41) is 10.1. The van der Waals surface area contributed by atoms with E-state index in [1.807, 2.05) is 19.1 Å². The summed E-state index contributed by atoms with van der Waals surface area (Å²) in [6.07, 6.45) is 6.68. The lowest BCUT2D eigenvalue weighted by atomic mass is 10.2. The quantitative estimate of drug-likeness (QED) is 0.659. The molecule has 0 aliphatic rings. The molecule has 0 spiro atoms. The number of nitrogens with one attached hydrogen (secondary N) is 1. The van der Waals surface area contributed by atoms with E-state index >= 15 is 0 Å². The van der Waals surface area contributed by atoms with Crippen molar-refractivity contribution >= 4 is 11.7 Å². The van der Waals surface area contributed by atoms with Gasteiger partial charge in [0.15, 0.2) is 0 Å². The summed E-state index contributed by atoms with van der Waals surface area (Å²) in [5.41, 5.74) is 1.17. The average molecular weight is 331 g/mol. The number of aromatic nitrogens is 2. The van der Waals surface area contributed by atoms with Crippen LogP contribution < -0.4 is 10.1 Å². The van der Waals surface area contributed by atoms with Gasteiger partial charge in [-0.05, 0) is 42.3 Å². The molecule has 1 aromatic carbocycles. The summed E-state index contributed by atoms with van der Waals surface area (Å²) in [6, 6.07) is 7.09. The van der Waals surface area contributed by atoms with Crippen LogP contribution in [0, 0.1) is 0 Å². The molecule has 1 N–H and O–H groups in total. The second kappa shape index (κ2) is 9.70. The molecule has 0 fully saturated rings. The normalized spacial score (nSPS) is 10.6. The van der Waals surface area contributed by atoms with Crippen LogP contribution >= 0.6 is 0 Å². The molecule has 0 aliphatic carbocycles. The number of ether oxygens (including phenoxy) is 1. The van der Waals surface area contributed by atoms with Gasteiger partial charge in [-0.1, -0.05) is 44.7 Å². The Balaban J connectivity index is 1.79. The number of anilines is 1. The van der Waals surface area contributed by atoms with Gasteiger partial charge in [-0.2, -0.15) is 0 Å². The number of carbonyl (C=O) groups excluding carboxylic acids is 1. The van der Waals surface area contributed by atoms with Crippen LogP contribution in [0.2, 0.25) is 0 Å². The number of benzene rings is 1. The lowest BCUT2D eigenvalue weighted by Gasteiger charge is -2.07. The summed E-state index contributed by atoms with van der Waals surface area (Å²) in [7, 11) is 0. The van der Waals surface area contributed by atoms with Crippen molar-refractivity contribution in [3.63, 3.8) is 0 Å². The minimum Gasteiger partial charge on any atom is -0.494 e. The largest absolute Gasteiger partial charge is 0.494 e. The molecule has 0 unspecified atom stereocenters. The first kappa shape index (κ1) is 18.0. The Bertz CT molecular complexity index is 623. The van der Waals surface area contributed by atoms with E-state index in [1.165, 1.54) is 25.7 Å². The van der Waals surface area contributed by atoms with Crippen LogP contribution in [0.1, 0.15) is 62.0 Å². The number of amides is 1. The number of aryl methyl sites for hydroxylation is 1. The summed E-state index contributed by atoms with van der Waals surface area (Å²) >= 11 is 0. The van der Waals surface area contributed by atoms with Gasteiger partial charge in [-0.25, -0.2) is 4.63 Å². The Morgan fingerprint density at radius 3 is 2.54 bits per heavy atom. The maximum atomic E-state index is 12.2. The first-order valence-corrected chi connectivity index (χ1v) is 8.60. The minimum absolute atomic E-state index is 0.244. The molecule has 0 saturated carbocycles. The predicted molar refractivity (Wildman–Crippen MR) is 92.3 cm³/mol. The number of hydrogen-bond donors (Lipinski definition) is 1. The van der Waals surface area contributed by atoms with Gasteiger partial charge in [0.25, 0.3) is 5.91 Å². The van der Waals surface area contributed by atoms with Crippen LogP contribution in [0.15, 0.2) is 28.9 Å². The highest BCUT2D eigenvalue weighted by Crippen LogP contribution is 2.16. The second-order valence-corrected chi connectivity index (χ2v) is 5.65. The molecule has 1 amide bonds. The van der Waals surface area contributed by atoms with Gasteiger partial charge in [0.1, 0.15) is 11.4 Å². The Morgan fingerprint density at radius 2 is 1.83 bits per heavy atom. The predicted octanol–water partition coefficient (Wildman–Crippen LogP) is 4.23. The lowest BCUT2D eigenvalue weighted by molar-refractivity contribution is 0.102. The van der Waals surface area contributed by atoms with E-state index in [1.54, 1.807) is 12.1 Å². The zero-order valence-corrected chi connectivity index (χ0v) is 14.4. The highest BCUT2D eigenvalue weighted by atomic mass is 16.6. The molecule has 2 rings (SSSR count). The standard InChI is InChI=1S/C18H25N3O3/c1-3-5-6-7-8-13-23-15-11-9-14(10-12-15)18(22)19-17-16(4-2)20-24-21-17/h9-12H,3-8,13H2,1-2H3,(H,19,21,22).